The van der Waals surface area contributed by atoms with Gasteiger partial charge in [-0.15, -0.1) is 0 Å². The highest BCUT2D eigenvalue weighted by Crippen LogP contribution is 2.28. The first-order chi connectivity index (χ1) is 15.4. The van der Waals surface area contributed by atoms with Crippen molar-refractivity contribution in [3.8, 4) is 0 Å². The van der Waals surface area contributed by atoms with Crippen molar-refractivity contribution < 1.29 is 26.4 Å². The van der Waals surface area contributed by atoms with E-state index in [1.54, 1.807) is 24.3 Å². The number of anilines is 2. The van der Waals surface area contributed by atoms with Crippen LogP contribution in [-0.4, -0.2) is 25.7 Å². The lowest BCUT2D eigenvalue weighted by Gasteiger charge is -2.14. The molecular formula is C21H28ClF3N4O3S. The molecule has 0 aliphatic heterocycles. The summed E-state index contributed by atoms with van der Waals surface area (Å²) in [5, 5.41) is 6.43. The average molecular weight is 509 g/mol. The van der Waals surface area contributed by atoms with E-state index in [4.69, 9.17) is 11.6 Å². The van der Waals surface area contributed by atoms with Gasteiger partial charge in [-0.25, -0.2) is 10.2 Å². The SMILES string of the molecule is C/C(=N\NC(=O)Nc1ccc(C)cc1)c1cc(Cl)ccc1NS(=O)(=O)C(F)(F)F.CC.CC. The number of hydrogen-bond donors (Lipinski definition) is 3. The molecule has 2 rings (SSSR count). The minimum Gasteiger partial charge on any atom is -0.307 e. The van der Waals surface area contributed by atoms with Crippen LogP contribution in [0.5, 0.6) is 0 Å². The largest absolute Gasteiger partial charge is 0.516 e. The Morgan fingerprint density at radius 1 is 1.00 bits per heavy atom. The lowest BCUT2D eigenvalue weighted by molar-refractivity contribution is -0.0429. The highest BCUT2D eigenvalue weighted by molar-refractivity contribution is 7.93. The molecular weight excluding hydrogens is 481 g/mol. The maximum Gasteiger partial charge on any atom is 0.516 e. The summed E-state index contributed by atoms with van der Waals surface area (Å²) >= 11 is 5.85. The summed E-state index contributed by atoms with van der Waals surface area (Å²) in [7, 11) is -5.64. The summed E-state index contributed by atoms with van der Waals surface area (Å²) in [6, 6.07) is 9.71. The molecule has 0 heterocycles. The Hall–Kier alpha value is -2.79. The predicted octanol–water partition coefficient (Wildman–Crippen LogP) is 6.51. The third-order valence-corrected chi connectivity index (χ3v) is 4.89. The van der Waals surface area contributed by atoms with Gasteiger partial charge in [0.2, 0.25) is 0 Å². The van der Waals surface area contributed by atoms with Gasteiger partial charge in [0.15, 0.2) is 0 Å². The maximum absolute atomic E-state index is 12.6. The highest BCUT2D eigenvalue weighted by Gasteiger charge is 2.46. The summed E-state index contributed by atoms with van der Waals surface area (Å²) in [6.45, 7) is 11.2. The quantitative estimate of drug-likeness (QED) is 0.317. The zero-order chi connectivity index (χ0) is 25.8. The number of urea groups is 1. The van der Waals surface area contributed by atoms with E-state index >= 15 is 0 Å². The molecule has 3 N–H and O–H groups in total. The van der Waals surface area contributed by atoms with E-state index < -0.39 is 27.3 Å². The van der Waals surface area contributed by atoms with Gasteiger partial charge >= 0.3 is 21.6 Å². The molecule has 0 aliphatic rings. The van der Waals surface area contributed by atoms with Gasteiger partial charge in [0.1, 0.15) is 0 Å². The van der Waals surface area contributed by atoms with Gasteiger partial charge in [-0.3, -0.25) is 4.72 Å². The highest BCUT2D eigenvalue weighted by atomic mass is 35.5. The first-order valence-electron chi connectivity index (χ1n) is 9.96. The number of nitrogens with one attached hydrogen (secondary N) is 3. The van der Waals surface area contributed by atoms with Gasteiger partial charge in [0, 0.05) is 16.3 Å². The van der Waals surface area contributed by atoms with E-state index in [1.165, 1.54) is 23.8 Å². The van der Waals surface area contributed by atoms with E-state index in [2.05, 4.69) is 15.8 Å². The molecule has 0 aromatic heterocycles. The molecule has 0 unspecified atom stereocenters. The summed E-state index contributed by atoms with van der Waals surface area (Å²) in [4.78, 5) is 11.9. The number of hydrogen-bond acceptors (Lipinski definition) is 4. The zero-order valence-corrected chi connectivity index (χ0v) is 20.7. The van der Waals surface area contributed by atoms with Crippen LogP contribution in [-0.2, 0) is 10.0 Å². The Morgan fingerprint density at radius 3 is 2.06 bits per heavy atom. The van der Waals surface area contributed by atoms with Crippen molar-refractivity contribution in [3.63, 3.8) is 0 Å². The molecule has 33 heavy (non-hydrogen) atoms. The van der Waals surface area contributed by atoms with E-state index in [0.717, 1.165) is 11.6 Å². The van der Waals surface area contributed by atoms with Crippen LogP contribution in [0.25, 0.3) is 0 Å². The van der Waals surface area contributed by atoms with Gasteiger partial charge in [-0.1, -0.05) is 57.0 Å². The minimum absolute atomic E-state index is 0.0198. The minimum atomic E-state index is -5.64. The number of hydrazone groups is 1. The van der Waals surface area contributed by atoms with Crippen LogP contribution < -0.4 is 15.5 Å². The van der Waals surface area contributed by atoms with Crippen LogP contribution in [0.2, 0.25) is 5.02 Å². The van der Waals surface area contributed by atoms with Crippen LogP contribution in [0, 0.1) is 6.92 Å². The molecule has 0 saturated carbocycles. The number of benzene rings is 2. The van der Waals surface area contributed by atoms with Crippen LogP contribution in [0.4, 0.5) is 29.3 Å². The number of nitrogens with zero attached hydrogens (tertiary/aromatic N) is 1. The number of rotatable bonds is 5. The fraction of sp³-hybridized carbons (Fsp3) is 0.333. The Morgan fingerprint density at radius 2 is 1.55 bits per heavy atom. The second-order valence-corrected chi connectivity index (χ2v) is 7.98. The van der Waals surface area contributed by atoms with E-state index in [9.17, 15) is 26.4 Å². The Labute approximate surface area is 197 Å². The molecule has 0 fully saturated rings. The molecule has 2 aromatic rings. The number of aryl methyl sites for hydroxylation is 1. The number of halogens is 4. The second-order valence-electron chi connectivity index (χ2n) is 5.87. The van der Waals surface area contributed by atoms with E-state index in [-0.39, 0.29) is 16.3 Å². The molecule has 184 valence electrons. The molecule has 0 radical (unpaired) electrons. The van der Waals surface area contributed by atoms with Gasteiger partial charge < -0.3 is 5.32 Å². The Kier molecular flexibility index (Phi) is 12.5. The van der Waals surface area contributed by atoms with Crippen LogP contribution in [0.3, 0.4) is 0 Å². The third kappa shape index (κ3) is 9.70. The number of carbonyl (C=O) groups excluding carboxylic acids is 1. The van der Waals surface area contributed by atoms with Crippen molar-refractivity contribution in [2.45, 2.75) is 47.1 Å². The molecule has 7 nitrogen and oxygen atoms in total. The van der Waals surface area contributed by atoms with Crippen molar-refractivity contribution in [2.75, 3.05) is 10.0 Å². The Balaban J connectivity index is 0.00000242. The van der Waals surface area contributed by atoms with Crippen molar-refractivity contribution >= 4 is 44.7 Å². The summed E-state index contributed by atoms with van der Waals surface area (Å²) in [5.41, 5.74) is -2.23. The van der Waals surface area contributed by atoms with Crippen LogP contribution in [0.15, 0.2) is 47.6 Å². The van der Waals surface area contributed by atoms with Gasteiger partial charge in [-0.2, -0.15) is 26.7 Å². The number of carbonyl (C=O) groups is 1. The predicted molar refractivity (Wildman–Crippen MR) is 128 cm³/mol. The Bertz CT molecular complexity index is 1040. The second kappa shape index (κ2) is 13.7. The summed E-state index contributed by atoms with van der Waals surface area (Å²) in [6.07, 6.45) is 0. The lowest BCUT2D eigenvalue weighted by Crippen LogP contribution is -2.30. The molecule has 2 aromatic carbocycles. The van der Waals surface area contributed by atoms with Crippen LogP contribution >= 0.6 is 11.6 Å². The zero-order valence-electron chi connectivity index (χ0n) is 19.1. The molecule has 12 heteroatoms. The van der Waals surface area contributed by atoms with Crippen molar-refractivity contribution in [3.05, 3.63) is 58.6 Å². The smallest absolute Gasteiger partial charge is 0.307 e. The van der Waals surface area contributed by atoms with Crippen molar-refractivity contribution in [1.29, 1.82) is 0 Å². The van der Waals surface area contributed by atoms with E-state index in [1.807, 2.05) is 34.6 Å². The molecule has 0 bridgehead atoms. The molecule has 2 amide bonds. The van der Waals surface area contributed by atoms with Crippen molar-refractivity contribution in [2.24, 2.45) is 5.10 Å². The maximum atomic E-state index is 12.6. The molecule has 0 atom stereocenters. The molecule has 0 spiro atoms. The molecule has 0 saturated heterocycles. The van der Waals surface area contributed by atoms with Gasteiger partial charge in [0.05, 0.1) is 11.4 Å². The standard InChI is InChI=1S/C17H16ClF3N4O3S.2C2H6/c1-10-3-6-13(7-4-10)22-16(26)24-23-11(2)14-9-12(18)5-8-15(14)25-29(27,28)17(19,20)21;2*1-2/h3-9,25H,1-2H3,(H2,22,24,26);2*1-2H3/b23-11+;;. The van der Waals surface area contributed by atoms with Gasteiger partial charge in [0.25, 0.3) is 0 Å². The van der Waals surface area contributed by atoms with Gasteiger partial charge in [-0.05, 0) is 44.2 Å². The topological polar surface area (TPSA) is 99.7 Å². The average Bonchev–Trinajstić information content (AvgIpc) is 2.77. The number of sulfonamides is 1. The van der Waals surface area contributed by atoms with Crippen LogP contribution in [0.1, 0.15) is 45.7 Å². The number of amides is 2. The summed E-state index contributed by atoms with van der Waals surface area (Å²) < 4.78 is 62.2. The monoisotopic (exact) mass is 508 g/mol. The first-order valence-corrected chi connectivity index (χ1v) is 11.8. The first kappa shape index (κ1) is 30.2. The normalized spacial score (nSPS) is 11.3. The van der Waals surface area contributed by atoms with Crippen molar-refractivity contribution in [1.82, 2.24) is 5.43 Å². The fourth-order valence-corrected chi connectivity index (χ4v) is 2.85. The third-order valence-electron chi connectivity index (χ3n) is 3.56. The summed E-state index contributed by atoms with van der Waals surface area (Å²) in [5.74, 6) is 0. The number of alkyl halides is 3. The fourth-order valence-electron chi connectivity index (χ4n) is 2.10. The van der Waals surface area contributed by atoms with E-state index in [0.29, 0.717) is 5.69 Å². The lowest BCUT2D eigenvalue weighted by atomic mass is 10.1. The molecule has 0 aliphatic carbocycles.